The van der Waals surface area contributed by atoms with Gasteiger partial charge in [0, 0.05) is 11.1 Å². The highest BCUT2D eigenvalue weighted by atomic mass is 19.4. The minimum absolute atomic E-state index is 0.0236. The number of nitrogens with two attached hydrogens (primary N) is 1. The fourth-order valence-corrected chi connectivity index (χ4v) is 3.42. The first-order chi connectivity index (χ1) is 15.9. The van der Waals surface area contributed by atoms with Crippen LogP contribution in [0.3, 0.4) is 0 Å². The van der Waals surface area contributed by atoms with Crippen LogP contribution < -0.4 is 20.5 Å². The standard InChI is InChI=1S/C22H20F3N5O4/c1-12-8-14(18(27)31)9-16-17(12)20(33-3)30(29-16)11-21(2,10-26)28-19(32)13-4-6-15(7-5-13)34-22(23,24)25/h4-9H,11H2,1-3H3,(H2,27,31)(H,28,32). The second kappa shape index (κ2) is 8.93. The van der Waals surface area contributed by atoms with Crippen molar-refractivity contribution in [1.82, 2.24) is 15.1 Å². The highest BCUT2D eigenvalue weighted by Gasteiger charge is 2.32. The molecule has 0 aliphatic rings. The third-order valence-electron chi connectivity index (χ3n) is 4.92. The van der Waals surface area contributed by atoms with Crippen molar-refractivity contribution in [2.24, 2.45) is 5.73 Å². The van der Waals surface area contributed by atoms with Crippen molar-refractivity contribution in [1.29, 1.82) is 5.26 Å². The normalized spacial score (nSPS) is 13.1. The highest BCUT2D eigenvalue weighted by Crippen LogP contribution is 2.31. The Hall–Kier alpha value is -4.27. The van der Waals surface area contributed by atoms with Crippen LogP contribution in [0.4, 0.5) is 13.2 Å². The first-order valence-electron chi connectivity index (χ1n) is 9.80. The number of fused-ring (bicyclic) bond motifs is 1. The van der Waals surface area contributed by atoms with Gasteiger partial charge in [-0.3, -0.25) is 9.59 Å². The molecular formula is C22H20F3N5O4. The molecule has 2 aromatic carbocycles. The zero-order chi connectivity index (χ0) is 25.3. The molecule has 1 atom stereocenters. The molecule has 12 heteroatoms. The summed E-state index contributed by atoms with van der Waals surface area (Å²) in [4.78, 5) is 24.2. The average molecular weight is 475 g/mol. The minimum Gasteiger partial charge on any atom is -0.481 e. The number of hydrogen-bond acceptors (Lipinski definition) is 6. The average Bonchev–Trinajstić information content (AvgIpc) is 3.10. The van der Waals surface area contributed by atoms with Gasteiger partial charge in [0.1, 0.15) is 11.3 Å². The summed E-state index contributed by atoms with van der Waals surface area (Å²) < 4.78 is 47.6. The van der Waals surface area contributed by atoms with Gasteiger partial charge in [-0.25, -0.2) is 4.68 Å². The molecule has 0 saturated carbocycles. The number of nitrogens with zero attached hydrogens (tertiary/aromatic N) is 3. The number of primary amides is 1. The van der Waals surface area contributed by atoms with Crippen molar-refractivity contribution < 1.29 is 32.2 Å². The summed E-state index contributed by atoms with van der Waals surface area (Å²) in [6.45, 7) is 3.08. The molecule has 1 unspecified atom stereocenters. The summed E-state index contributed by atoms with van der Waals surface area (Å²) in [7, 11) is 1.42. The Bertz CT molecular complexity index is 1300. The van der Waals surface area contributed by atoms with Gasteiger partial charge in [-0.2, -0.15) is 10.4 Å². The predicted octanol–water partition coefficient (Wildman–Crippen LogP) is 3.06. The predicted molar refractivity (Wildman–Crippen MR) is 114 cm³/mol. The second-order valence-electron chi connectivity index (χ2n) is 7.69. The Morgan fingerprint density at radius 3 is 2.38 bits per heavy atom. The van der Waals surface area contributed by atoms with E-state index in [1.807, 2.05) is 6.07 Å². The fraction of sp³-hybridized carbons (Fsp3) is 0.273. The van der Waals surface area contributed by atoms with Crippen LogP contribution in [0.2, 0.25) is 0 Å². The monoisotopic (exact) mass is 475 g/mol. The van der Waals surface area contributed by atoms with E-state index in [1.165, 1.54) is 24.8 Å². The number of benzene rings is 2. The first-order valence-corrected chi connectivity index (χ1v) is 9.80. The number of halogens is 3. The highest BCUT2D eigenvalue weighted by molar-refractivity contribution is 5.99. The Labute approximate surface area is 191 Å². The van der Waals surface area contributed by atoms with E-state index < -0.39 is 29.5 Å². The smallest absolute Gasteiger partial charge is 0.481 e. The molecule has 178 valence electrons. The van der Waals surface area contributed by atoms with Crippen LogP contribution in [-0.4, -0.2) is 40.6 Å². The number of rotatable bonds is 7. The third kappa shape index (κ3) is 5.20. The van der Waals surface area contributed by atoms with Gasteiger partial charge < -0.3 is 20.5 Å². The van der Waals surface area contributed by atoms with Gasteiger partial charge >= 0.3 is 6.36 Å². The van der Waals surface area contributed by atoms with E-state index in [4.69, 9.17) is 10.5 Å². The van der Waals surface area contributed by atoms with Crippen molar-refractivity contribution in [2.45, 2.75) is 32.3 Å². The lowest BCUT2D eigenvalue weighted by atomic mass is 10.0. The Morgan fingerprint density at radius 2 is 1.85 bits per heavy atom. The van der Waals surface area contributed by atoms with Gasteiger partial charge in [-0.05, 0) is 55.8 Å². The number of alkyl halides is 3. The van der Waals surface area contributed by atoms with Gasteiger partial charge in [-0.15, -0.1) is 13.2 Å². The minimum atomic E-state index is -4.86. The third-order valence-corrected chi connectivity index (χ3v) is 4.92. The van der Waals surface area contributed by atoms with Gasteiger partial charge in [0.15, 0.2) is 0 Å². The Kier molecular flexibility index (Phi) is 6.40. The number of ether oxygens (including phenoxy) is 2. The van der Waals surface area contributed by atoms with Gasteiger partial charge in [-0.1, -0.05) is 0 Å². The zero-order valence-electron chi connectivity index (χ0n) is 18.4. The number of nitrogens with one attached hydrogen (secondary N) is 1. The number of amides is 2. The van der Waals surface area contributed by atoms with Crippen LogP contribution in [0.25, 0.3) is 10.9 Å². The van der Waals surface area contributed by atoms with Crippen LogP contribution >= 0.6 is 0 Å². The summed E-state index contributed by atoms with van der Waals surface area (Å²) in [5, 5.41) is 17.3. The summed E-state index contributed by atoms with van der Waals surface area (Å²) in [5.74, 6) is -1.48. The lowest BCUT2D eigenvalue weighted by Crippen LogP contribution is -2.48. The maximum Gasteiger partial charge on any atom is 0.573 e. The molecule has 1 heterocycles. The van der Waals surface area contributed by atoms with E-state index in [0.717, 1.165) is 24.3 Å². The SMILES string of the molecule is COc1c2c(C)cc(C(N)=O)cc2nn1CC(C)(C#N)NC(=O)c1ccc(OC(F)(F)F)cc1. The molecule has 0 aliphatic carbocycles. The maximum atomic E-state index is 12.7. The second-order valence-corrected chi connectivity index (χ2v) is 7.69. The lowest BCUT2D eigenvalue weighted by Gasteiger charge is -2.24. The summed E-state index contributed by atoms with van der Waals surface area (Å²) in [6, 6.07) is 9.38. The molecule has 3 N–H and O–H groups in total. The van der Waals surface area contributed by atoms with E-state index in [0.29, 0.717) is 22.3 Å². The molecular weight excluding hydrogens is 455 g/mol. The fourth-order valence-electron chi connectivity index (χ4n) is 3.42. The maximum absolute atomic E-state index is 12.7. The van der Waals surface area contributed by atoms with Crippen LogP contribution in [-0.2, 0) is 6.54 Å². The molecule has 0 saturated heterocycles. The quantitative estimate of drug-likeness (QED) is 0.540. The summed E-state index contributed by atoms with van der Waals surface area (Å²) >= 11 is 0. The van der Waals surface area contributed by atoms with Crippen molar-refractivity contribution in [2.75, 3.05) is 7.11 Å². The molecule has 2 amide bonds. The largest absolute Gasteiger partial charge is 0.573 e. The van der Waals surface area contributed by atoms with Crippen molar-refractivity contribution in [3.63, 3.8) is 0 Å². The summed E-state index contributed by atoms with van der Waals surface area (Å²) in [5.41, 5.74) is 5.26. The van der Waals surface area contributed by atoms with E-state index >= 15 is 0 Å². The number of aryl methyl sites for hydroxylation is 1. The van der Waals surface area contributed by atoms with Crippen LogP contribution in [0.5, 0.6) is 11.6 Å². The van der Waals surface area contributed by atoms with E-state index in [-0.39, 0.29) is 17.7 Å². The van der Waals surface area contributed by atoms with Crippen molar-refractivity contribution in [3.8, 4) is 17.7 Å². The van der Waals surface area contributed by atoms with Gasteiger partial charge in [0.05, 0.1) is 30.6 Å². The molecule has 0 spiro atoms. The Morgan fingerprint density at radius 1 is 1.21 bits per heavy atom. The van der Waals surface area contributed by atoms with E-state index in [1.54, 1.807) is 13.0 Å². The molecule has 0 bridgehead atoms. The molecule has 3 aromatic rings. The molecule has 1 aromatic heterocycles. The molecule has 3 rings (SSSR count). The van der Waals surface area contributed by atoms with Crippen LogP contribution in [0.1, 0.15) is 33.2 Å². The number of carbonyl (C=O) groups excluding carboxylic acids is 2. The topological polar surface area (TPSA) is 132 Å². The van der Waals surface area contributed by atoms with Crippen LogP contribution in [0, 0.1) is 18.3 Å². The molecule has 0 radical (unpaired) electrons. The van der Waals surface area contributed by atoms with Crippen molar-refractivity contribution in [3.05, 3.63) is 53.1 Å². The number of aromatic nitrogens is 2. The van der Waals surface area contributed by atoms with E-state index in [9.17, 15) is 28.0 Å². The molecule has 0 aliphatic heterocycles. The number of hydrogen-bond donors (Lipinski definition) is 2. The van der Waals surface area contributed by atoms with Crippen molar-refractivity contribution >= 4 is 22.7 Å². The van der Waals surface area contributed by atoms with E-state index in [2.05, 4.69) is 15.2 Å². The molecule has 9 nitrogen and oxygen atoms in total. The number of carbonyl (C=O) groups is 2. The lowest BCUT2D eigenvalue weighted by molar-refractivity contribution is -0.274. The molecule has 0 fully saturated rings. The van der Waals surface area contributed by atoms with Gasteiger partial charge in [0.2, 0.25) is 11.8 Å². The first kappa shape index (κ1) is 24.4. The number of nitriles is 1. The zero-order valence-corrected chi connectivity index (χ0v) is 18.4. The number of methoxy groups -OCH3 is 1. The van der Waals surface area contributed by atoms with Crippen LogP contribution in [0.15, 0.2) is 36.4 Å². The molecule has 34 heavy (non-hydrogen) atoms. The van der Waals surface area contributed by atoms with Gasteiger partial charge in [0.25, 0.3) is 5.91 Å². The summed E-state index contributed by atoms with van der Waals surface area (Å²) in [6.07, 6.45) is -4.86. The Balaban J connectivity index is 1.87.